The average Bonchev–Trinajstić information content (AvgIpc) is 3.04. The minimum atomic E-state index is -0.434. The summed E-state index contributed by atoms with van der Waals surface area (Å²) in [4.78, 5) is 14.5. The summed E-state index contributed by atoms with van der Waals surface area (Å²) in [6, 6.07) is 4.87. The van der Waals surface area contributed by atoms with Gasteiger partial charge in [-0.25, -0.2) is 0 Å². The highest BCUT2D eigenvalue weighted by Gasteiger charge is 2.16. The molecule has 0 aliphatic carbocycles. The van der Waals surface area contributed by atoms with E-state index in [1.807, 2.05) is 11.8 Å². The van der Waals surface area contributed by atoms with Crippen molar-refractivity contribution in [2.75, 3.05) is 23.4 Å². The normalized spacial score (nSPS) is 18.8. The fourth-order valence-corrected chi connectivity index (χ4v) is 3.37. The van der Waals surface area contributed by atoms with E-state index in [1.165, 1.54) is 30.1 Å². The maximum Gasteiger partial charge on any atom is 0.295 e. The Morgan fingerprint density at radius 3 is 3.21 bits per heavy atom. The van der Waals surface area contributed by atoms with Crippen LogP contribution >= 0.6 is 11.8 Å². The molecule has 6 nitrogen and oxygen atoms in total. The molecule has 100 valence electrons. The van der Waals surface area contributed by atoms with Crippen LogP contribution in [0.25, 0.3) is 11.1 Å². The van der Waals surface area contributed by atoms with Crippen LogP contribution in [0.2, 0.25) is 0 Å². The van der Waals surface area contributed by atoms with E-state index >= 15 is 0 Å². The average molecular weight is 279 g/mol. The summed E-state index contributed by atoms with van der Waals surface area (Å²) in [6.07, 6.45) is 1.21. The number of hydrogen-bond acceptors (Lipinski definition) is 6. The highest BCUT2D eigenvalue weighted by atomic mass is 32.2. The molecule has 2 heterocycles. The molecule has 1 aliphatic rings. The van der Waals surface area contributed by atoms with Gasteiger partial charge in [0, 0.05) is 18.7 Å². The first-order valence-corrected chi connectivity index (χ1v) is 7.24. The minimum absolute atomic E-state index is 0.0274. The van der Waals surface area contributed by atoms with Crippen LogP contribution < -0.4 is 5.32 Å². The number of anilines is 1. The Morgan fingerprint density at radius 2 is 2.47 bits per heavy atom. The van der Waals surface area contributed by atoms with Crippen LogP contribution in [-0.2, 0) is 0 Å². The third kappa shape index (κ3) is 2.65. The van der Waals surface area contributed by atoms with E-state index in [4.69, 9.17) is 4.42 Å². The van der Waals surface area contributed by atoms with Crippen LogP contribution in [0.3, 0.4) is 0 Å². The summed E-state index contributed by atoms with van der Waals surface area (Å²) in [5, 5.41) is 13.8. The molecule has 1 aromatic carbocycles. The van der Waals surface area contributed by atoms with Gasteiger partial charge in [0.25, 0.3) is 11.7 Å². The monoisotopic (exact) mass is 279 g/mol. The minimum Gasteiger partial charge on any atom is -0.424 e. The van der Waals surface area contributed by atoms with Crippen molar-refractivity contribution in [2.24, 2.45) is 5.92 Å². The molecule has 0 amide bonds. The van der Waals surface area contributed by atoms with Gasteiger partial charge in [-0.05, 0) is 29.9 Å². The number of nitro benzene ring substituents is 1. The number of nitro groups is 1. The van der Waals surface area contributed by atoms with Gasteiger partial charge in [-0.15, -0.1) is 0 Å². The molecule has 0 bridgehead atoms. The molecular formula is C12H13N3O3S. The zero-order chi connectivity index (χ0) is 13.2. The fraction of sp³-hybridized carbons (Fsp3) is 0.417. The molecule has 1 aromatic heterocycles. The number of hydrogen-bond donors (Lipinski definition) is 1. The summed E-state index contributed by atoms with van der Waals surface area (Å²) >= 11 is 1.96. The van der Waals surface area contributed by atoms with Crippen LogP contribution in [-0.4, -0.2) is 28.0 Å². The standard InChI is InChI=1S/C12H13N3O3S/c16-15(17)9-1-2-11-10(5-9)14-12(18-11)13-6-8-3-4-19-7-8/h1-2,5,8H,3-4,6-7H2,(H,13,14). The lowest BCUT2D eigenvalue weighted by atomic mass is 10.1. The molecular weight excluding hydrogens is 266 g/mol. The lowest BCUT2D eigenvalue weighted by molar-refractivity contribution is -0.384. The molecule has 0 radical (unpaired) electrons. The highest BCUT2D eigenvalue weighted by Crippen LogP contribution is 2.26. The van der Waals surface area contributed by atoms with E-state index in [9.17, 15) is 10.1 Å². The molecule has 3 rings (SSSR count). The number of thioether (sulfide) groups is 1. The van der Waals surface area contributed by atoms with E-state index in [1.54, 1.807) is 6.07 Å². The van der Waals surface area contributed by atoms with Crippen molar-refractivity contribution in [1.29, 1.82) is 0 Å². The van der Waals surface area contributed by atoms with Crippen LogP contribution in [0.5, 0.6) is 0 Å². The second-order valence-corrected chi connectivity index (χ2v) is 5.69. The molecule has 1 unspecified atom stereocenters. The second kappa shape index (κ2) is 5.08. The second-order valence-electron chi connectivity index (χ2n) is 4.54. The number of oxazole rings is 1. The first kappa shape index (κ1) is 12.3. The van der Waals surface area contributed by atoms with Crippen molar-refractivity contribution in [2.45, 2.75) is 6.42 Å². The zero-order valence-corrected chi connectivity index (χ0v) is 11.0. The van der Waals surface area contributed by atoms with Crippen molar-refractivity contribution < 1.29 is 9.34 Å². The van der Waals surface area contributed by atoms with Gasteiger partial charge in [-0.3, -0.25) is 10.1 Å². The van der Waals surface area contributed by atoms with Gasteiger partial charge in [-0.2, -0.15) is 16.7 Å². The summed E-state index contributed by atoms with van der Waals surface area (Å²) in [5.41, 5.74) is 1.10. The molecule has 2 aromatic rings. The van der Waals surface area contributed by atoms with Gasteiger partial charge in [0.2, 0.25) is 0 Å². The SMILES string of the molecule is O=[N+]([O-])c1ccc2oc(NCC3CCSC3)nc2c1. The third-order valence-electron chi connectivity index (χ3n) is 3.15. The topological polar surface area (TPSA) is 81.2 Å². The van der Waals surface area contributed by atoms with Crippen molar-refractivity contribution in [1.82, 2.24) is 4.98 Å². The summed E-state index contributed by atoms with van der Waals surface area (Å²) in [6.45, 7) is 0.835. The van der Waals surface area contributed by atoms with Crippen molar-refractivity contribution in [3.05, 3.63) is 28.3 Å². The molecule has 0 spiro atoms. The predicted molar refractivity (Wildman–Crippen MR) is 74.6 cm³/mol. The first-order valence-electron chi connectivity index (χ1n) is 6.09. The summed E-state index contributed by atoms with van der Waals surface area (Å²) < 4.78 is 5.51. The van der Waals surface area contributed by atoms with E-state index in [0.717, 1.165) is 6.54 Å². The van der Waals surface area contributed by atoms with Crippen LogP contribution in [0.4, 0.5) is 11.7 Å². The molecule has 1 fully saturated rings. The fourth-order valence-electron chi connectivity index (χ4n) is 2.08. The number of rotatable bonds is 4. The lowest BCUT2D eigenvalue weighted by Gasteiger charge is -2.07. The van der Waals surface area contributed by atoms with E-state index in [0.29, 0.717) is 23.0 Å². The van der Waals surface area contributed by atoms with Gasteiger partial charge in [0.15, 0.2) is 5.58 Å². The number of nitrogens with zero attached hydrogens (tertiary/aromatic N) is 2. The van der Waals surface area contributed by atoms with Crippen molar-refractivity contribution in [3.8, 4) is 0 Å². The first-order chi connectivity index (χ1) is 9.22. The third-order valence-corrected chi connectivity index (χ3v) is 4.38. The summed E-state index contributed by atoms with van der Waals surface area (Å²) in [7, 11) is 0. The Hall–Kier alpha value is -1.76. The van der Waals surface area contributed by atoms with Crippen molar-refractivity contribution >= 4 is 34.6 Å². The van der Waals surface area contributed by atoms with Crippen LogP contribution in [0.1, 0.15) is 6.42 Å². The van der Waals surface area contributed by atoms with Gasteiger partial charge < -0.3 is 9.73 Å². The van der Waals surface area contributed by atoms with Crippen LogP contribution in [0.15, 0.2) is 22.6 Å². The van der Waals surface area contributed by atoms with Gasteiger partial charge in [-0.1, -0.05) is 0 Å². The Morgan fingerprint density at radius 1 is 1.58 bits per heavy atom. The Balaban J connectivity index is 1.75. The molecule has 0 saturated carbocycles. The molecule has 19 heavy (non-hydrogen) atoms. The van der Waals surface area contributed by atoms with E-state index < -0.39 is 4.92 Å². The number of non-ortho nitro benzene ring substituents is 1. The van der Waals surface area contributed by atoms with Crippen LogP contribution in [0, 0.1) is 16.0 Å². The quantitative estimate of drug-likeness (QED) is 0.684. The molecule has 1 N–H and O–H groups in total. The largest absolute Gasteiger partial charge is 0.424 e. The Kier molecular flexibility index (Phi) is 3.29. The summed E-state index contributed by atoms with van der Waals surface area (Å²) in [5.74, 6) is 3.03. The molecule has 1 saturated heterocycles. The smallest absolute Gasteiger partial charge is 0.295 e. The Labute approximate surface area is 113 Å². The van der Waals surface area contributed by atoms with E-state index in [2.05, 4.69) is 10.3 Å². The highest BCUT2D eigenvalue weighted by molar-refractivity contribution is 7.99. The number of benzene rings is 1. The van der Waals surface area contributed by atoms with Gasteiger partial charge in [0.05, 0.1) is 4.92 Å². The molecule has 1 atom stereocenters. The zero-order valence-electron chi connectivity index (χ0n) is 10.2. The number of aromatic nitrogens is 1. The molecule has 7 heteroatoms. The maximum absolute atomic E-state index is 10.7. The van der Waals surface area contributed by atoms with Crippen molar-refractivity contribution in [3.63, 3.8) is 0 Å². The van der Waals surface area contributed by atoms with Gasteiger partial charge in [0.1, 0.15) is 5.52 Å². The predicted octanol–water partition coefficient (Wildman–Crippen LogP) is 2.90. The number of nitrogens with one attached hydrogen (secondary N) is 1. The lowest BCUT2D eigenvalue weighted by Crippen LogP contribution is -2.13. The van der Waals surface area contributed by atoms with Gasteiger partial charge >= 0.3 is 0 Å². The molecule has 1 aliphatic heterocycles. The number of fused-ring (bicyclic) bond motifs is 1. The maximum atomic E-state index is 10.7. The van der Waals surface area contributed by atoms with E-state index in [-0.39, 0.29) is 5.69 Å². The Bertz CT molecular complexity index is 607.